The van der Waals surface area contributed by atoms with Gasteiger partial charge < -0.3 is 24.8 Å². The topological polar surface area (TPSA) is 88.1 Å². The van der Waals surface area contributed by atoms with Gasteiger partial charge in [0, 0.05) is 21.7 Å². The summed E-state index contributed by atoms with van der Waals surface area (Å²) in [6, 6.07) is 0.283. The Balaban J connectivity index is 4.29. The van der Waals surface area contributed by atoms with E-state index in [2.05, 4.69) is 25.0 Å². The molecule has 0 saturated carbocycles. The third kappa shape index (κ3) is 11.9. The molecular weight excluding hydrogens is 316 g/mol. The van der Waals surface area contributed by atoms with Crippen LogP contribution in [0, 0.1) is 0 Å². The van der Waals surface area contributed by atoms with E-state index in [1.165, 1.54) is 4.90 Å². The van der Waals surface area contributed by atoms with Crippen molar-refractivity contribution in [3.63, 3.8) is 0 Å². The molecule has 0 aromatic carbocycles. The van der Waals surface area contributed by atoms with E-state index in [0.717, 1.165) is 6.04 Å². The van der Waals surface area contributed by atoms with Gasteiger partial charge in [-0.15, -0.1) is 0 Å². The maximum absolute atomic E-state index is 11.9. The van der Waals surface area contributed by atoms with Gasteiger partial charge in [0.1, 0.15) is 5.60 Å². The number of ether oxygens (including phenoxy) is 2. The van der Waals surface area contributed by atoms with Gasteiger partial charge in [0.2, 0.25) is 0 Å². The second-order valence-electron chi connectivity index (χ2n) is 7.83. The van der Waals surface area contributed by atoms with Crippen LogP contribution in [0.15, 0.2) is 0 Å². The van der Waals surface area contributed by atoms with Crippen molar-refractivity contribution >= 4 is 20.3 Å². The Bertz CT molecular complexity index is 390. The normalized spacial score (nSPS) is 13.2. The van der Waals surface area contributed by atoms with Crippen LogP contribution in [0.4, 0.5) is 9.59 Å². The summed E-state index contributed by atoms with van der Waals surface area (Å²) in [6.45, 7) is 12.1. The highest BCUT2D eigenvalue weighted by Gasteiger charge is 2.22. The highest BCUT2D eigenvalue weighted by molar-refractivity contribution is 6.76. The van der Waals surface area contributed by atoms with Gasteiger partial charge in [-0.2, -0.15) is 0 Å². The lowest BCUT2D eigenvalue weighted by Gasteiger charge is -2.26. The first kappa shape index (κ1) is 21.7. The zero-order chi connectivity index (χ0) is 18.3. The van der Waals surface area contributed by atoms with E-state index in [-0.39, 0.29) is 13.2 Å². The molecule has 0 unspecified atom stereocenters. The van der Waals surface area contributed by atoms with Crippen molar-refractivity contribution < 1.29 is 24.2 Å². The number of nitrogens with zero attached hydrogens (tertiary/aromatic N) is 1. The summed E-state index contributed by atoms with van der Waals surface area (Å²) in [5.74, 6) is 0. The fourth-order valence-corrected chi connectivity index (χ4v) is 2.30. The van der Waals surface area contributed by atoms with Crippen LogP contribution in [-0.2, 0) is 9.47 Å². The summed E-state index contributed by atoms with van der Waals surface area (Å²) < 4.78 is 10.3. The van der Waals surface area contributed by atoms with Gasteiger partial charge in [-0.1, -0.05) is 19.6 Å². The number of alkyl carbamates (subject to hydrolysis) is 1. The quantitative estimate of drug-likeness (QED) is 0.689. The molecule has 0 aliphatic rings. The molecule has 136 valence electrons. The lowest BCUT2D eigenvalue weighted by atomic mass is 10.2. The second-order valence-corrected chi connectivity index (χ2v) is 13.5. The summed E-state index contributed by atoms with van der Waals surface area (Å²) in [5, 5.41) is 11.9. The molecule has 0 aliphatic heterocycles. The Kier molecular flexibility index (Phi) is 8.61. The summed E-state index contributed by atoms with van der Waals surface area (Å²) >= 11 is 0. The molecule has 0 radical (unpaired) electrons. The van der Waals surface area contributed by atoms with Gasteiger partial charge in [0.05, 0.1) is 19.3 Å². The van der Waals surface area contributed by atoms with Crippen LogP contribution < -0.4 is 5.32 Å². The molecule has 0 aromatic heterocycles. The van der Waals surface area contributed by atoms with Crippen LogP contribution in [-0.4, -0.2) is 68.7 Å². The number of carbonyl (C=O) groups excluding carboxylic acids is 2. The van der Waals surface area contributed by atoms with E-state index in [1.54, 1.807) is 27.8 Å². The Labute approximate surface area is 140 Å². The monoisotopic (exact) mass is 348 g/mol. The molecule has 0 heterocycles. The van der Waals surface area contributed by atoms with E-state index in [1.807, 2.05) is 0 Å². The second kappa shape index (κ2) is 9.12. The van der Waals surface area contributed by atoms with Crippen molar-refractivity contribution in [1.82, 2.24) is 10.2 Å². The molecule has 2 N–H and O–H groups in total. The average molecular weight is 349 g/mol. The zero-order valence-corrected chi connectivity index (χ0v) is 16.4. The molecule has 1 atom stereocenters. The number of nitrogens with one attached hydrogen (secondary N) is 1. The van der Waals surface area contributed by atoms with E-state index in [0.29, 0.717) is 6.61 Å². The van der Waals surface area contributed by atoms with Crippen molar-refractivity contribution in [2.24, 2.45) is 0 Å². The number of hydrogen-bond acceptors (Lipinski definition) is 5. The molecule has 0 rings (SSSR count). The summed E-state index contributed by atoms with van der Waals surface area (Å²) in [7, 11) is 0.314. The minimum absolute atomic E-state index is 0.140. The SMILES string of the molecule is CN(C[C@H](CO)NC(=O)OC(C)(C)C)C(=O)OCC[Si](C)(C)C. The molecule has 0 aromatic rings. The predicted molar refractivity (Wildman–Crippen MR) is 92.4 cm³/mol. The Morgan fingerprint density at radius 2 is 1.83 bits per heavy atom. The van der Waals surface area contributed by atoms with Crippen LogP contribution in [0.5, 0.6) is 0 Å². The largest absolute Gasteiger partial charge is 0.450 e. The first-order chi connectivity index (χ1) is 10.3. The number of carbonyl (C=O) groups is 2. The van der Waals surface area contributed by atoms with Crippen LogP contribution in [0.3, 0.4) is 0 Å². The minimum Gasteiger partial charge on any atom is -0.450 e. The molecule has 8 heteroatoms. The molecular formula is C15H32N2O5Si. The Hall–Kier alpha value is -1.28. The van der Waals surface area contributed by atoms with Crippen LogP contribution in [0.2, 0.25) is 25.7 Å². The van der Waals surface area contributed by atoms with Gasteiger partial charge >= 0.3 is 12.2 Å². The van der Waals surface area contributed by atoms with Crippen LogP contribution in [0.25, 0.3) is 0 Å². The van der Waals surface area contributed by atoms with Gasteiger partial charge in [-0.3, -0.25) is 0 Å². The first-order valence-electron chi connectivity index (χ1n) is 7.82. The number of aliphatic hydroxyl groups is 1. The maximum Gasteiger partial charge on any atom is 0.409 e. The lowest BCUT2D eigenvalue weighted by Crippen LogP contribution is -2.48. The summed E-state index contributed by atoms with van der Waals surface area (Å²) in [4.78, 5) is 24.9. The van der Waals surface area contributed by atoms with Crippen molar-refractivity contribution in [2.75, 3.05) is 26.8 Å². The summed E-state index contributed by atoms with van der Waals surface area (Å²) in [6.07, 6.45) is -1.09. The molecule has 7 nitrogen and oxygen atoms in total. The van der Waals surface area contributed by atoms with E-state index < -0.39 is 31.9 Å². The first-order valence-corrected chi connectivity index (χ1v) is 11.5. The fourth-order valence-electron chi connectivity index (χ4n) is 1.58. The number of hydrogen-bond donors (Lipinski definition) is 2. The lowest BCUT2D eigenvalue weighted by molar-refractivity contribution is 0.0460. The van der Waals surface area contributed by atoms with Gasteiger partial charge in [0.15, 0.2) is 0 Å². The minimum atomic E-state index is -1.25. The van der Waals surface area contributed by atoms with Crippen molar-refractivity contribution in [3.8, 4) is 0 Å². The molecule has 0 spiro atoms. The zero-order valence-electron chi connectivity index (χ0n) is 15.4. The van der Waals surface area contributed by atoms with Crippen molar-refractivity contribution in [1.29, 1.82) is 0 Å². The van der Waals surface area contributed by atoms with E-state index in [4.69, 9.17) is 9.47 Å². The molecule has 2 amide bonds. The third-order valence-electron chi connectivity index (χ3n) is 2.82. The molecule has 0 bridgehead atoms. The van der Waals surface area contributed by atoms with Crippen LogP contribution >= 0.6 is 0 Å². The maximum atomic E-state index is 11.9. The number of aliphatic hydroxyl groups excluding tert-OH is 1. The third-order valence-corrected chi connectivity index (χ3v) is 4.53. The summed E-state index contributed by atoms with van der Waals surface area (Å²) in [5.41, 5.74) is -0.619. The van der Waals surface area contributed by atoms with Crippen LogP contribution in [0.1, 0.15) is 20.8 Å². The molecule has 23 heavy (non-hydrogen) atoms. The Morgan fingerprint density at radius 1 is 1.26 bits per heavy atom. The molecule has 0 fully saturated rings. The predicted octanol–water partition coefficient (Wildman–Crippen LogP) is 2.28. The Morgan fingerprint density at radius 3 is 2.26 bits per heavy atom. The van der Waals surface area contributed by atoms with Crippen molar-refractivity contribution in [3.05, 3.63) is 0 Å². The standard InChI is InChI=1S/C15H32N2O5Si/c1-15(2,3)22-13(19)16-12(11-18)10-17(4)14(20)21-8-9-23(5,6)7/h12,18H,8-11H2,1-7H3,(H,16,19)/t12-/m1/s1. The van der Waals surface area contributed by atoms with Gasteiger partial charge in [-0.05, 0) is 26.8 Å². The molecule has 0 saturated heterocycles. The number of amides is 2. The molecule has 0 aliphatic carbocycles. The highest BCUT2D eigenvalue weighted by atomic mass is 28.3. The average Bonchev–Trinajstić information content (AvgIpc) is 2.33. The smallest absolute Gasteiger partial charge is 0.409 e. The number of rotatable bonds is 7. The van der Waals surface area contributed by atoms with E-state index >= 15 is 0 Å². The van der Waals surface area contributed by atoms with E-state index in [9.17, 15) is 14.7 Å². The highest BCUT2D eigenvalue weighted by Crippen LogP contribution is 2.09. The fraction of sp³-hybridized carbons (Fsp3) is 0.867. The number of likely N-dealkylation sites (N-methyl/N-ethyl adjacent to an activating group) is 1. The van der Waals surface area contributed by atoms with Crippen molar-refractivity contribution in [2.45, 2.75) is 58.1 Å². The van der Waals surface area contributed by atoms with Gasteiger partial charge in [-0.25, -0.2) is 9.59 Å². The van der Waals surface area contributed by atoms with Gasteiger partial charge in [0.25, 0.3) is 0 Å².